The minimum absolute atomic E-state index is 0.0336. The van der Waals surface area contributed by atoms with Gasteiger partial charge in [-0.15, -0.1) is 0 Å². The van der Waals surface area contributed by atoms with Gasteiger partial charge in [0.1, 0.15) is 10.5 Å². The number of nitrogens with one attached hydrogen (secondary N) is 2. The van der Waals surface area contributed by atoms with Crippen LogP contribution >= 0.6 is 0 Å². The lowest BCUT2D eigenvalue weighted by Gasteiger charge is -2.31. The Bertz CT molecular complexity index is 1140. The third kappa shape index (κ3) is 4.73. The van der Waals surface area contributed by atoms with Crippen LogP contribution in [0.1, 0.15) is 52.6 Å². The number of anilines is 1. The molecule has 0 unspecified atom stereocenters. The Morgan fingerprint density at radius 1 is 1.19 bits per heavy atom. The first-order chi connectivity index (χ1) is 15.1. The summed E-state index contributed by atoms with van der Waals surface area (Å²) >= 11 is 0. The number of aromatic amines is 1. The first-order valence-electron chi connectivity index (χ1n) is 10.8. The van der Waals surface area contributed by atoms with Gasteiger partial charge in [-0.25, -0.2) is 13.2 Å². The summed E-state index contributed by atoms with van der Waals surface area (Å²) in [6, 6.07) is 5.82. The molecule has 0 aliphatic carbocycles. The highest BCUT2D eigenvalue weighted by atomic mass is 32.2. The normalized spacial score (nSPS) is 17.2. The van der Waals surface area contributed by atoms with Crippen molar-refractivity contribution in [2.24, 2.45) is 5.92 Å². The minimum Gasteiger partial charge on any atom is -0.462 e. The fourth-order valence-electron chi connectivity index (χ4n) is 4.14. The van der Waals surface area contributed by atoms with Gasteiger partial charge in [0, 0.05) is 30.2 Å². The Kier molecular flexibility index (Phi) is 7.09. The quantitative estimate of drug-likeness (QED) is 0.641. The molecule has 0 radical (unpaired) electrons. The lowest BCUT2D eigenvalue weighted by molar-refractivity contribution is -0.120. The van der Waals surface area contributed by atoms with Crippen molar-refractivity contribution < 1.29 is 22.7 Å². The molecule has 0 saturated carbocycles. The van der Waals surface area contributed by atoms with E-state index < -0.39 is 21.9 Å². The van der Waals surface area contributed by atoms with Gasteiger partial charge in [-0.3, -0.25) is 4.79 Å². The summed E-state index contributed by atoms with van der Waals surface area (Å²) < 4.78 is 33.5. The predicted molar refractivity (Wildman–Crippen MR) is 122 cm³/mol. The van der Waals surface area contributed by atoms with Crippen molar-refractivity contribution in [3.05, 3.63) is 46.3 Å². The maximum absolute atomic E-state index is 13.5. The van der Waals surface area contributed by atoms with E-state index >= 15 is 0 Å². The molecule has 3 rings (SSSR count). The summed E-state index contributed by atoms with van der Waals surface area (Å²) in [6.45, 7) is 9.31. The molecule has 174 valence electrons. The molecule has 2 heterocycles. The van der Waals surface area contributed by atoms with E-state index in [1.54, 1.807) is 20.8 Å². The third-order valence-electron chi connectivity index (χ3n) is 5.80. The zero-order valence-electron chi connectivity index (χ0n) is 19.2. The van der Waals surface area contributed by atoms with Crippen molar-refractivity contribution in [3.8, 4) is 0 Å². The second-order valence-corrected chi connectivity index (χ2v) is 10.2. The van der Waals surface area contributed by atoms with Crippen molar-refractivity contribution in [2.45, 2.75) is 52.4 Å². The number of aryl methyl sites for hydroxylation is 4. The maximum Gasteiger partial charge on any atom is 0.341 e. The highest BCUT2D eigenvalue weighted by Gasteiger charge is 2.38. The average Bonchev–Trinajstić information content (AvgIpc) is 3.05. The SMILES string of the molecule is CCOC(=O)c1c(C)[nH]c(C)c1S(=O)(=O)N1CCC[C@@H](C(=O)Nc2cc(C)ccc2C)C1. The number of amides is 1. The zero-order valence-corrected chi connectivity index (χ0v) is 20.1. The van der Waals surface area contributed by atoms with Gasteiger partial charge in [0.25, 0.3) is 0 Å². The average molecular weight is 462 g/mol. The van der Waals surface area contributed by atoms with Gasteiger partial charge in [-0.1, -0.05) is 12.1 Å². The molecule has 1 saturated heterocycles. The van der Waals surface area contributed by atoms with Crippen LogP contribution in [-0.2, 0) is 19.6 Å². The third-order valence-corrected chi connectivity index (χ3v) is 7.84. The Morgan fingerprint density at radius 3 is 2.59 bits per heavy atom. The van der Waals surface area contributed by atoms with Crippen molar-refractivity contribution in [3.63, 3.8) is 0 Å². The first-order valence-corrected chi connectivity index (χ1v) is 12.2. The van der Waals surface area contributed by atoms with E-state index in [1.165, 1.54) is 4.31 Å². The van der Waals surface area contributed by atoms with Gasteiger partial charge in [0.2, 0.25) is 15.9 Å². The standard InChI is InChI=1S/C23H31N3O5S/c1-6-31-23(28)20-16(4)24-17(5)21(20)32(29,30)26-11-7-8-18(13-26)22(27)25-19-12-14(2)9-10-15(19)3/h9-10,12,18,24H,6-8,11,13H2,1-5H3,(H,25,27)/t18-/m1/s1. The highest BCUT2D eigenvalue weighted by molar-refractivity contribution is 7.89. The van der Waals surface area contributed by atoms with Crippen LogP contribution in [0.2, 0.25) is 0 Å². The van der Waals surface area contributed by atoms with Gasteiger partial charge in [0.15, 0.2) is 0 Å². The number of H-pyrrole nitrogens is 1. The summed E-state index contributed by atoms with van der Waals surface area (Å²) in [5, 5.41) is 2.95. The van der Waals surface area contributed by atoms with Crippen LogP contribution in [0.3, 0.4) is 0 Å². The molecule has 9 heteroatoms. The van der Waals surface area contributed by atoms with Crippen LogP contribution in [0.25, 0.3) is 0 Å². The Hall–Kier alpha value is -2.65. The van der Waals surface area contributed by atoms with Crippen molar-refractivity contribution in [1.29, 1.82) is 0 Å². The van der Waals surface area contributed by atoms with E-state index in [0.29, 0.717) is 30.8 Å². The molecule has 0 spiro atoms. The number of piperidine rings is 1. The number of aromatic nitrogens is 1. The minimum atomic E-state index is -4.00. The molecule has 1 aliphatic heterocycles. The number of esters is 1. The molecule has 1 atom stereocenters. The number of nitrogens with zero attached hydrogens (tertiary/aromatic N) is 1. The molecule has 0 bridgehead atoms. The van der Waals surface area contributed by atoms with Crippen LogP contribution in [0.4, 0.5) is 5.69 Å². The number of carbonyl (C=O) groups excluding carboxylic acids is 2. The lowest BCUT2D eigenvalue weighted by Crippen LogP contribution is -2.44. The van der Waals surface area contributed by atoms with E-state index in [0.717, 1.165) is 16.8 Å². The van der Waals surface area contributed by atoms with Gasteiger partial charge >= 0.3 is 5.97 Å². The smallest absolute Gasteiger partial charge is 0.341 e. The molecule has 1 amide bonds. The second-order valence-electron chi connectivity index (χ2n) is 8.31. The summed E-state index contributed by atoms with van der Waals surface area (Å²) in [5.41, 5.74) is 3.57. The molecule has 2 aromatic rings. The molecule has 1 aromatic heterocycles. The van der Waals surface area contributed by atoms with E-state index in [2.05, 4.69) is 10.3 Å². The van der Waals surface area contributed by atoms with Crippen molar-refractivity contribution in [1.82, 2.24) is 9.29 Å². The number of sulfonamides is 1. The molecule has 8 nitrogen and oxygen atoms in total. The molecule has 1 aliphatic rings. The summed E-state index contributed by atoms with van der Waals surface area (Å²) in [7, 11) is -4.00. The van der Waals surface area contributed by atoms with Crippen LogP contribution in [0.5, 0.6) is 0 Å². The van der Waals surface area contributed by atoms with Gasteiger partial charge < -0.3 is 15.0 Å². The molecule has 32 heavy (non-hydrogen) atoms. The van der Waals surface area contributed by atoms with E-state index in [1.807, 2.05) is 32.0 Å². The second kappa shape index (κ2) is 9.46. The van der Waals surface area contributed by atoms with E-state index in [4.69, 9.17) is 4.74 Å². The number of hydrogen-bond donors (Lipinski definition) is 2. The lowest BCUT2D eigenvalue weighted by atomic mass is 9.98. The zero-order chi connectivity index (χ0) is 23.6. The number of benzene rings is 1. The van der Waals surface area contributed by atoms with Gasteiger partial charge in [-0.05, 0) is 64.7 Å². The van der Waals surface area contributed by atoms with Gasteiger partial charge in [0.05, 0.1) is 12.5 Å². The summed E-state index contributed by atoms with van der Waals surface area (Å²) in [6.07, 6.45) is 1.15. The Morgan fingerprint density at radius 2 is 1.91 bits per heavy atom. The number of ether oxygens (including phenoxy) is 1. The highest BCUT2D eigenvalue weighted by Crippen LogP contribution is 2.31. The van der Waals surface area contributed by atoms with Crippen LogP contribution < -0.4 is 5.32 Å². The van der Waals surface area contributed by atoms with Crippen molar-refractivity contribution in [2.75, 3.05) is 25.0 Å². The van der Waals surface area contributed by atoms with Crippen LogP contribution in [0.15, 0.2) is 23.1 Å². The summed E-state index contributed by atoms with van der Waals surface area (Å²) in [5.74, 6) is -1.36. The van der Waals surface area contributed by atoms with Crippen LogP contribution in [-0.4, -0.2) is 49.3 Å². The first kappa shape index (κ1) is 24.0. The predicted octanol–water partition coefficient (Wildman–Crippen LogP) is 3.46. The fraction of sp³-hybridized carbons (Fsp3) is 0.478. The van der Waals surface area contributed by atoms with Crippen molar-refractivity contribution >= 4 is 27.6 Å². The Balaban J connectivity index is 1.85. The topological polar surface area (TPSA) is 109 Å². The number of carbonyl (C=O) groups is 2. The Labute approximate surface area is 189 Å². The molecule has 1 fully saturated rings. The van der Waals surface area contributed by atoms with Crippen LogP contribution in [0, 0.1) is 33.6 Å². The largest absolute Gasteiger partial charge is 0.462 e. The fourth-order valence-corrected chi connectivity index (χ4v) is 6.08. The monoisotopic (exact) mass is 461 g/mol. The van der Waals surface area contributed by atoms with Gasteiger partial charge in [-0.2, -0.15) is 4.31 Å². The maximum atomic E-state index is 13.5. The molecule has 1 aromatic carbocycles. The molecular weight excluding hydrogens is 430 g/mol. The van der Waals surface area contributed by atoms with E-state index in [-0.39, 0.29) is 29.5 Å². The number of rotatable bonds is 6. The molecule has 2 N–H and O–H groups in total. The molecular formula is C23H31N3O5S. The number of hydrogen-bond acceptors (Lipinski definition) is 5. The van der Waals surface area contributed by atoms with E-state index in [9.17, 15) is 18.0 Å². The summed E-state index contributed by atoms with van der Waals surface area (Å²) in [4.78, 5) is 28.3.